The number of fused-ring (bicyclic) bond motifs is 1. The van der Waals surface area contributed by atoms with Crippen molar-refractivity contribution in [1.82, 2.24) is 4.98 Å². The predicted octanol–water partition coefficient (Wildman–Crippen LogP) is 4.16. The molecule has 0 amide bonds. The molecule has 1 heterocycles. The van der Waals surface area contributed by atoms with Crippen LogP contribution in [0.25, 0.3) is 10.2 Å². The van der Waals surface area contributed by atoms with Crippen LogP contribution in [0.2, 0.25) is 0 Å². The number of hydrogen-bond donors (Lipinski definition) is 1. The summed E-state index contributed by atoms with van der Waals surface area (Å²) in [5.41, 5.74) is 2.39. The minimum absolute atomic E-state index is 1.03. The lowest BCUT2D eigenvalue weighted by Gasteiger charge is -2.00. The molecule has 0 saturated carbocycles. The molecule has 0 atom stereocenters. The number of nitrogens with one attached hydrogen (secondary N) is 1. The normalized spacial score (nSPS) is 10.9. The fourth-order valence-corrected chi connectivity index (χ4v) is 3.04. The summed E-state index contributed by atoms with van der Waals surface area (Å²) in [6, 6.07) is 6.44. The van der Waals surface area contributed by atoms with Gasteiger partial charge in [-0.15, -0.1) is 0 Å². The van der Waals surface area contributed by atoms with E-state index in [0.717, 1.165) is 17.2 Å². The van der Waals surface area contributed by atoms with E-state index >= 15 is 0 Å². The van der Waals surface area contributed by atoms with Crippen LogP contribution in [0.15, 0.2) is 18.2 Å². The van der Waals surface area contributed by atoms with Crippen LogP contribution in [0.3, 0.4) is 0 Å². The second kappa shape index (κ2) is 6.26. The Bertz CT molecular complexity index is 479. The smallest absolute Gasteiger partial charge is 0.183 e. The van der Waals surface area contributed by atoms with E-state index in [1.54, 1.807) is 11.3 Å². The first kappa shape index (κ1) is 12.7. The quantitative estimate of drug-likeness (QED) is 0.795. The van der Waals surface area contributed by atoms with Gasteiger partial charge in [-0.25, -0.2) is 4.98 Å². The Kier molecular flexibility index (Phi) is 4.68. The molecule has 0 aliphatic heterocycles. The SMILES string of the molecule is CSCCCCNc1nc2cc(C)ccc2s1. The summed E-state index contributed by atoms with van der Waals surface area (Å²) in [6.07, 6.45) is 4.65. The first-order valence-electron chi connectivity index (χ1n) is 5.89. The predicted molar refractivity (Wildman–Crippen MR) is 80.5 cm³/mol. The van der Waals surface area contributed by atoms with Crippen molar-refractivity contribution in [1.29, 1.82) is 0 Å². The van der Waals surface area contributed by atoms with Crippen LogP contribution >= 0.6 is 23.1 Å². The third-order valence-electron chi connectivity index (χ3n) is 2.59. The van der Waals surface area contributed by atoms with Gasteiger partial charge in [0.05, 0.1) is 10.2 Å². The maximum Gasteiger partial charge on any atom is 0.183 e. The summed E-state index contributed by atoms with van der Waals surface area (Å²) < 4.78 is 1.27. The molecule has 1 N–H and O–H groups in total. The number of aromatic nitrogens is 1. The van der Waals surface area contributed by atoms with E-state index in [-0.39, 0.29) is 0 Å². The van der Waals surface area contributed by atoms with Gasteiger partial charge in [0.25, 0.3) is 0 Å². The van der Waals surface area contributed by atoms with Gasteiger partial charge in [0.15, 0.2) is 5.13 Å². The van der Waals surface area contributed by atoms with Crippen molar-refractivity contribution in [2.75, 3.05) is 23.9 Å². The lowest BCUT2D eigenvalue weighted by molar-refractivity contribution is 0.843. The lowest BCUT2D eigenvalue weighted by atomic mass is 10.2. The molecule has 17 heavy (non-hydrogen) atoms. The molecule has 2 rings (SSSR count). The molecule has 1 aromatic carbocycles. The molecule has 4 heteroatoms. The summed E-state index contributed by atoms with van der Waals surface area (Å²) in [5.74, 6) is 1.25. The van der Waals surface area contributed by atoms with Crippen molar-refractivity contribution in [2.24, 2.45) is 0 Å². The highest BCUT2D eigenvalue weighted by Gasteiger charge is 2.02. The minimum atomic E-state index is 1.03. The zero-order valence-electron chi connectivity index (χ0n) is 10.3. The number of thioether (sulfide) groups is 1. The third-order valence-corrected chi connectivity index (χ3v) is 4.29. The van der Waals surface area contributed by atoms with Gasteiger partial charge in [-0.2, -0.15) is 11.8 Å². The van der Waals surface area contributed by atoms with Crippen LogP contribution in [-0.4, -0.2) is 23.5 Å². The van der Waals surface area contributed by atoms with Gasteiger partial charge in [-0.05, 0) is 49.5 Å². The Balaban J connectivity index is 1.91. The molecule has 92 valence electrons. The molecule has 0 bridgehead atoms. The first-order valence-corrected chi connectivity index (χ1v) is 8.10. The summed E-state index contributed by atoms with van der Waals surface area (Å²) >= 11 is 3.65. The number of hydrogen-bond acceptors (Lipinski definition) is 4. The number of thiazole rings is 1. The fourth-order valence-electron chi connectivity index (χ4n) is 1.68. The van der Waals surface area contributed by atoms with E-state index in [0.29, 0.717) is 0 Å². The molecule has 2 aromatic rings. The van der Waals surface area contributed by atoms with Crippen molar-refractivity contribution in [3.8, 4) is 0 Å². The molecule has 0 aliphatic carbocycles. The topological polar surface area (TPSA) is 24.9 Å². The molecule has 0 spiro atoms. The number of unbranched alkanes of at least 4 members (excludes halogenated alkanes) is 1. The zero-order valence-corrected chi connectivity index (χ0v) is 12.0. The molecule has 0 aliphatic rings. The number of rotatable bonds is 6. The summed E-state index contributed by atoms with van der Waals surface area (Å²) in [6.45, 7) is 3.13. The molecule has 0 fully saturated rings. The minimum Gasteiger partial charge on any atom is -0.361 e. The highest BCUT2D eigenvalue weighted by Crippen LogP contribution is 2.26. The van der Waals surface area contributed by atoms with E-state index < -0.39 is 0 Å². The molecular weight excluding hydrogens is 248 g/mol. The third kappa shape index (κ3) is 3.61. The van der Waals surface area contributed by atoms with Crippen LogP contribution in [0.5, 0.6) is 0 Å². The molecule has 1 aromatic heterocycles. The van der Waals surface area contributed by atoms with Gasteiger partial charge in [0.1, 0.15) is 0 Å². The lowest BCUT2D eigenvalue weighted by Crippen LogP contribution is -2.01. The fraction of sp³-hybridized carbons (Fsp3) is 0.462. The van der Waals surface area contributed by atoms with Crippen LogP contribution in [0.4, 0.5) is 5.13 Å². The van der Waals surface area contributed by atoms with Crippen LogP contribution < -0.4 is 5.32 Å². The Hall–Kier alpha value is -0.740. The number of nitrogens with zero attached hydrogens (tertiary/aromatic N) is 1. The Morgan fingerprint density at radius 3 is 3.06 bits per heavy atom. The van der Waals surface area contributed by atoms with Crippen molar-refractivity contribution in [2.45, 2.75) is 19.8 Å². The average molecular weight is 266 g/mol. The molecule has 0 saturated heterocycles. The Morgan fingerprint density at radius 1 is 1.35 bits per heavy atom. The second-order valence-electron chi connectivity index (χ2n) is 4.12. The summed E-state index contributed by atoms with van der Waals surface area (Å²) in [5, 5.41) is 4.46. The van der Waals surface area contributed by atoms with Gasteiger partial charge in [-0.3, -0.25) is 0 Å². The zero-order chi connectivity index (χ0) is 12.1. The van der Waals surface area contributed by atoms with Gasteiger partial charge >= 0.3 is 0 Å². The van der Waals surface area contributed by atoms with Gasteiger partial charge in [-0.1, -0.05) is 17.4 Å². The molecular formula is C13H18N2S2. The summed E-state index contributed by atoms with van der Waals surface area (Å²) in [4.78, 5) is 4.59. The van der Waals surface area contributed by atoms with Crippen molar-refractivity contribution < 1.29 is 0 Å². The number of aryl methyl sites for hydroxylation is 1. The van der Waals surface area contributed by atoms with Crippen LogP contribution in [0, 0.1) is 6.92 Å². The van der Waals surface area contributed by atoms with E-state index in [1.165, 1.54) is 28.9 Å². The Labute approximate surface area is 111 Å². The number of benzene rings is 1. The molecule has 0 unspecified atom stereocenters. The average Bonchev–Trinajstić information content (AvgIpc) is 2.70. The molecule has 0 radical (unpaired) electrons. The molecule has 2 nitrogen and oxygen atoms in total. The first-order chi connectivity index (χ1) is 8.29. The van der Waals surface area contributed by atoms with Gasteiger partial charge in [0.2, 0.25) is 0 Å². The standard InChI is InChI=1S/C13H18N2S2/c1-10-5-6-12-11(9-10)15-13(17-12)14-7-3-4-8-16-2/h5-6,9H,3-4,7-8H2,1-2H3,(H,14,15). The van der Waals surface area contributed by atoms with Crippen molar-refractivity contribution in [3.63, 3.8) is 0 Å². The largest absolute Gasteiger partial charge is 0.361 e. The van der Waals surface area contributed by atoms with Crippen LogP contribution in [0.1, 0.15) is 18.4 Å². The highest BCUT2D eigenvalue weighted by molar-refractivity contribution is 7.98. The van der Waals surface area contributed by atoms with E-state index in [9.17, 15) is 0 Å². The Morgan fingerprint density at radius 2 is 2.24 bits per heavy atom. The van der Waals surface area contributed by atoms with Crippen molar-refractivity contribution in [3.05, 3.63) is 23.8 Å². The number of anilines is 1. The van der Waals surface area contributed by atoms with E-state index in [4.69, 9.17) is 0 Å². The monoisotopic (exact) mass is 266 g/mol. The van der Waals surface area contributed by atoms with Gasteiger partial charge in [0, 0.05) is 6.54 Å². The second-order valence-corrected chi connectivity index (χ2v) is 6.13. The van der Waals surface area contributed by atoms with Gasteiger partial charge < -0.3 is 5.32 Å². The highest BCUT2D eigenvalue weighted by atomic mass is 32.2. The maximum absolute atomic E-state index is 4.59. The van der Waals surface area contributed by atoms with E-state index in [2.05, 4.69) is 41.7 Å². The summed E-state index contributed by atoms with van der Waals surface area (Å²) in [7, 11) is 0. The van der Waals surface area contributed by atoms with Crippen LogP contribution in [-0.2, 0) is 0 Å². The van der Waals surface area contributed by atoms with E-state index in [1.807, 2.05) is 11.8 Å². The van der Waals surface area contributed by atoms with Crippen molar-refractivity contribution >= 4 is 38.4 Å². The maximum atomic E-state index is 4.59.